The number of allylic oxidation sites excluding steroid dienone is 1. The zero-order valence-corrected chi connectivity index (χ0v) is 21.8. The van der Waals surface area contributed by atoms with E-state index in [4.69, 9.17) is 16.3 Å². The van der Waals surface area contributed by atoms with Gasteiger partial charge in [-0.3, -0.25) is 9.78 Å². The zero-order valence-electron chi connectivity index (χ0n) is 20.3. The third-order valence-corrected chi connectivity index (χ3v) is 6.87. The first-order chi connectivity index (χ1) is 17.2. The molecule has 3 aromatic rings. The van der Waals surface area contributed by atoms with Crippen LogP contribution in [0, 0.1) is 0 Å². The molecule has 0 saturated carbocycles. The summed E-state index contributed by atoms with van der Waals surface area (Å²) in [6.07, 6.45) is 7.89. The molecule has 10 heteroatoms. The summed E-state index contributed by atoms with van der Waals surface area (Å²) in [4.78, 5) is 21.9. The van der Waals surface area contributed by atoms with Crippen molar-refractivity contribution in [2.24, 2.45) is 0 Å². The number of fused-ring (bicyclic) bond motifs is 1. The van der Waals surface area contributed by atoms with Crippen LogP contribution in [-0.2, 0) is 29.6 Å². The van der Waals surface area contributed by atoms with E-state index in [-0.39, 0.29) is 12.2 Å². The second kappa shape index (κ2) is 11.4. The number of rotatable bonds is 10. The lowest BCUT2D eigenvalue weighted by atomic mass is 9.88. The standard InChI is InChI=1S/C26H29ClN4O4S/c1-31(12-11-30-36(2,33)34)16-18-3-4-20-14-21(6-5-19(20)13-18)25-24(9-10-28-26(25)32)35-17-23-8-7-22(27)15-29-23/h3-4,7-10,13-15,30H,5-6,11-12,16-17H2,1-2H3,(H,28,32). The van der Waals surface area contributed by atoms with Crippen molar-refractivity contribution in [1.82, 2.24) is 19.6 Å². The van der Waals surface area contributed by atoms with Gasteiger partial charge in [0.15, 0.2) is 0 Å². The highest BCUT2D eigenvalue weighted by atomic mass is 35.5. The number of H-pyrrole nitrogens is 1. The van der Waals surface area contributed by atoms with Gasteiger partial charge in [0.25, 0.3) is 5.56 Å². The molecule has 0 atom stereocenters. The smallest absolute Gasteiger partial charge is 0.259 e. The van der Waals surface area contributed by atoms with Gasteiger partial charge in [-0.15, -0.1) is 0 Å². The second-order valence-electron chi connectivity index (χ2n) is 8.91. The number of nitrogens with zero attached hydrogens (tertiary/aromatic N) is 2. The van der Waals surface area contributed by atoms with Crippen LogP contribution in [0.1, 0.15) is 34.4 Å². The number of halogens is 1. The number of hydrogen-bond donors (Lipinski definition) is 2. The van der Waals surface area contributed by atoms with Crippen molar-refractivity contribution >= 4 is 33.3 Å². The van der Waals surface area contributed by atoms with Crippen molar-refractivity contribution in [3.05, 3.63) is 92.1 Å². The van der Waals surface area contributed by atoms with E-state index in [0.717, 1.165) is 35.1 Å². The van der Waals surface area contributed by atoms with Gasteiger partial charge >= 0.3 is 0 Å². The molecule has 190 valence electrons. The minimum absolute atomic E-state index is 0.188. The highest BCUT2D eigenvalue weighted by Crippen LogP contribution is 2.33. The second-order valence-corrected chi connectivity index (χ2v) is 11.2. The largest absolute Gasteiger partial charge is 0.486 e. The van der Waals surface area contributed by atoms with Gasteiger partial charge in [-0.2, -0.15) is 0 Å². The summed E-state index contributed by atoms with van der Waals surface area (Å²) in [5, 5.41) is 0.556. The normalized spacial score (nSPS) is 13.4. The summed E-state index contributed by atoms with van der Waals surface area (Å²) in [7, 11) is -1.22. The van der Waals surface area contributed by atoms with Crippen LogP contribution in [0.15, 0.2) is 53.6 Å². The maximum atomic E-state index is 12.8. The van der Waals surface area contributed by atoms with E-state index in [2.05, 4.69) is 43.9 Å². The Morgan fingerprint density at radius 3 is 2.78 bits per heavy atom. The minimum Gasteiger partial charge on any atom is -0.486 e. The third-order valence-electron chi connectivity index (χ3n) is 5.92. The highest BCUT2D eigenvalue weighted by molar-refractivity contribution is 7.88. The summed E-state index contributed by atoms with van der Waals surface area (Å²) in [6.45, 7) is 1.92. The fourth-order valence-corrected chi connectivity index (χ4v) is 4.76. The number of pyridine rings is 2. The Balaban J connectivity index is 1.48. The maximum absolute atomic E-state index is 12.8. The number of aromatic amines is 1. The Bertz CT molecular complexity index is 1420. The molecule has 0 radical (unpaired) electrons. The Morgan fingerprint density at radius 2 is 2.03 bits per heavy atom. The molecule has 4 rings (SSSR count). The fourth-order valence-electron chi connectivity index (χ4n) is 4.18. The summed E-state index contributed by atoms with van der Waals surface area (Å²) in [6, 6.07) is 11.6. The molecular weight excluding hydrogens is 500 g/mol. The Hall–Kier alpha value is -2.98. The summed E-state index contributed by atoms with van der Waals surface area (Å²) >= 11 is 5.91. The van der Waals surface area contributed by atoms with Gasteiger partial charge in [-0.25, -0.2) is 13.1 Å². The number of sulfonamides is 1. The number of hydrogen-bond acceptors (Lipinski definition) is 6. The van der Waals surface area contributed by atoms with Crippen molar-refractivity contribution in [1.29, 1.82) is 0 Å². The summed E-state index contributed by atoms with van der Waals surface area (Å²) < 4.78 is 31.0. The van der Waals surface area contributed by atoms with Gasteiger partial charge in [0.05, 0.1) is 22.5 Å². The molecule has 2 N–H and O–H groups in total. The average Bonchev–Trinajstić information content (AvgIpc) is 2.82. The summed E-state index contributed by atoms with van der Waals surface area (Å²) in [5.41, 5.74) is 5.46. The van der Waals surface area contributed by atoms with Crippen molar-refractivity contribution in [3.8, 4) is 5.75 Å². The Morgan fingerprint density at radius 1 is 1.19 bits per heavy atom. The van der Waals surface area contributed by atoms with E-state index in [1.807, 2.05) is 7.05 Å². The number of likely N-dealkylation sites (N-methyl/N-ethyl adjacent to an activating group) is 1. The molecule has 0 amide bonds. The van der Waals surface area contributed by atoms with Crippen molar-refractivity contribution in [2.45, 2.75) is 26.0 Å². The molecule has 0 fully saturated rings. The number of nitrogens with one attached hydrogen (secondary N) is 2. The summed E-state index contributed by atoms with van der Waals surface area (Å²) in [5.74, 6) is 0.520. The SMILES string of the molecule is CN(CCNS(C)(=O)=O)Cc1ccc2c(c1)CCC(c1c(OCc3ccc(Cl)cn3)cc[nH]c1=O)=C2. The van der Waals surface area contributed by atoms with Crippen LogP contribution in [0.25, 0.3) is 11.6 Å². The van der Waals surface area contributed by atoms with Crippen molar-refractivity contribution in [3.63, 3.8) is 0 Å². The predicted molar refractivity (Wildman–Crippen MR) is 142 cm³/mol. The number of ether oxygens (including phenoxy) is 1. The molecule has 0 bridgehead atoms. The highest BCUT2D eigenvalue weighted by Gasteiger charge is 2.19. The van der Waals surface area contributed by atoms with E-state index < -0.39 is 10.0 Å². The topological polar surface area (TPSA) is 104 Å². The molecule has 1 aliphatic rings. The van der Waals surface area contributed by atoms with E-state index in [1.54, 1.807) is 30.6 Å². The lowest BCUT2D eigenvalue weighted by molar-refractivity contribution is 0.299. The molecule has 1 aliphatic carbocycles. The van der Waals surface area contributed by atoms with Crippen molar-refractivity contribution in [2.75, 3.05) is 26.4 Å². The van der Waals surface area contributed by atoms with Gasteiger partial charge in [0, 0.05) is 32.0 Å². The molecular formula is C26H29ClN4O4S. The molecule has 0 aliphatic heterocycles. The molecule has 0 spiro atoms. The lowest BCUT2D eigenvalue weighted by Crippen LogP contribution is -2.32. The minimum atomic E-state index is -3.18. The molecule has 2 aromatic heterocycles. The number of aromatic nitrogens is 2. The average molecular weight is 529 g/mol. The first kappa shape index (κ1) is 26.1. The van der Waals surface area contributed by atoms with Gasteiger partial charge in [-0.1, -0.05) is 35.9 Å². The van der Waals surface area contributed by atoms with Crippen LogP contribution in [0.2, 0.25) is 5.02 Å². The van der Waals surface area contributed by atoms with Gasteiger partial charge in [0.2, 0.25) is 10.0 Å². The van der Waals surface area contributed by atoms with Crippen LogP contribution >= 0.6 is 11.6 Å². The van der Waals surface area contributed by atoms with Crippen LogP contribution in [0.5, 0.6) is 5.75 Å². The molecule has 0 saturated heterocycles. The predicted octanol–water partition coefficient (Wildman–Crippen LogP) is 3.47. The van der Waals surface area contributed by atoms with Crippen molar-refractivity contribution < 1.29 is 13.2 Å². The lowest BCUT2D eigenvalue weighted by Gasteiger charge is -2.21. The zero-order chi connectivity index (χ0) is 25.7. The third kappa shape index (κ3) is 7.04. The van der Waals surface area contributed by atoms with Gasteiger partial charge in [-0.05, 0) is 60.4 Å². The van der Waals surface area contributed by atoms with Crippen LogP contribution in [0.3, 0.4) is 0 Å². The van der Waals surface area contributed by atoms with Gasteiger partial charge < -0.3 is 14.6 Å². The fraction of sp³-hybridized carbons (Fsp3) is 0.308. The maximum Gasteiger partial charge on any atom is 0.259 e. The van der Waals surface area contributed by atoms with Crippen LogP contribution < -0.4 is 15.0 Å². The first-order valence-corrected chi connectivity index (χ1v) is 13.9. The Kier molecular flexibility index (Phi) is 8.25. The molecule has 8 nitrogen and oxygen atoms in total. The number of aryl methyl sites for hydroxylation is 1. The van der Waals surface area contributed by atoms with E-state index >= 15 is 0 Å². The molecule has 2 heterocycles. The van der Waals surface area contributed by atoms with Gasteiger partial charge in [0.1, 0.15) is 12.4 Å². The molecule has 0 unspecified atom stereocenters. The van der Waals surface area contributed by atoms with E-state index in [0.29, 0.717) is 42.4 Å². The van der Waals surface area contributed by atoms with E-state index in [9.17, 15) is 13.2 Å². The quantitative estimate of drug-likeness (QED) is 0.417. The van der Waals surface area contributed by atoms with E-state index in [1.165, 1.54) is 5.56 Å². The van der Waals surface area contributed by atoms with Crippen LogP contribution in [-0.4, -0.2) is 49.7 Å². The molecule has 36 heavy (non-hydrogen) atoms. The Labute approximate surface area is 216 Å². The number of benzene rings is 1. The van der Waals surface area contributed by atoms with Crippen LogP contribution in [0.4, 0.5) is 0 Å². The first-order valence-electron chi connectivity index (χ1n) is 11.6. The molecule has 1 aromatic carbocycles. The monoisotopic (exact) mass is 528 g/mol.